The van der Waals surface area contributed by atoms with Crippen LogP contribution in [0.3, 0.4) is 0 Å². The van der Waals surface area contributed by atoms with Gasteiger partial charge in [0.1, 0.15) is 0 Å². The van der Waals surface area contributed by atoms with Crippen molar-refractivity contribution in [3.63, 3.8) is 0 Å². The number of rotatable bonds is 0. The highest BCUT2D eigenvalue weighted by Gasteiger charge is 2.20. The average Bonchev–Trinajstić information content (AvgIpc) is 2.70. The quantitative estimate of drug-likeness (QED) is 0.715. The van der Waals surface area contributed by atoms with Crippen LogP contribution in [0.15, 0.2) is 18.2 Å². The highest BCUT2D eigenvalue weighted by Crippen LogP contribution is 2.33. The van der Waals surface area contributed by atoms with Crippen molar-refractivity contribution in [3.05, 3.63) is 35.0 Å². The lowest BCUT2D eigenvalue weighted by atomic mass is 9.92. The summed E-state index contributed by atoms with van der Waals surface area (Å²) >= 11 is 0. The van der Waals surface area contributed by atoms with Crippen LogP contribution in [0.4, 0.5) is 0 Å². The molecule has 1 aromatic carbocycles. The zero-order valence-corrected chi connectivity index (χ0v) is 11.7. The van der Waals surface area contributed by atoms with Gasteiger partial charge in [-0.2, -0.15) is 0 Å². The third-order valence-electron chi connectivity index (χ3n) is 3.41. The van der Waals surface area contributed by atoms with Gasteiger partial charge < -0.3 is 10.7 Å². The van der Waals surface area contributed by atoms with Crippen LogP contribution < -0.4 is 5.73 Å². The molecular formula is C16H24N2. The molecule has 0 radical (unpaired) electrons. The first-order valence-electron chi connectivity index (χ1n) is 7.04. The van der Waals surface area contributed by atoms with Gasteiger partial charge in [-0.15, -0.1) is 0 Å². The first-order valence-corrected chi connectivity index (χ1v) is 7.04. The van der Waals surface area contributed by atoms with E-state index in [1.54, 1.807) is 0 Å². The topological polar surface area (TPSA) is 41.8 Å². The van der Waals surface area contributed by atoms with Gasteiger partial charge in [0.15, 0.2) is 0 Å². The molecule has 3 N–H and O–H groups in total. The minimum Gasteiger partial charge on any atom is -0.357 e. The number of aromatic amines is 1. The average molecular weight is 244 g/mol. The van der Waals surface area contributed by atoms with Crippen LogP contribution in [0.5, 0.6) is 0 Å². The molecule has 1 aliphatic carbocycles. The number of aryl methyl sites for hydroxylation is 2. The summed E-state index contributed by atoms with van der Waals surface area (Å²) in [4.78, 5) is 3.47. The monoisotopic (exact) mass is 244 g/mol. The number of nitrogens with two attached hydrogens (primary N) is 1. The van der Waals surface area contributed by atoms with Crippen molar-refractivity contribution in [3.8, 4) is 0 Å². The summed E-state index contributed by atoms with van der Waals surface area (Å²) in [7, 11) is 0. The summed E-state index contributed by atoms with van der Waals surface area (Å²) in [6, 6.07) is 6.79. The molecule has 2 aromatic rings. The normalized spacial score (nSPS) is 18.1. The molecule has 0 fully saturated rings. The smallest absolute Gasteiger partial charge is 0.0459 e. The third kappa shape index (κ3) is 2.44. The predicted molar refractivity (Wildman–Crippen MR) is 78.9 cm³/mol. The molecule has 1 unspecified atom stereocenters. The van der Waals surface area contributed by atoms with Gasteiger partial charge in [-0.1, -0.05) is 31.9 Å². The van der Waals surface area contributed by atoms with Gasteiger partial charge >= 0.3 is 0 Å². The summed E-state index contributed by atoms with van der Waals surface area (Å²) in [6.07, 6.45) is 4.75. The van der Waals surface area contributed by atoms with Crippen molar-refractivity contribution < 1.29 is 0 Å². The lowest BCUT2D eigenvalue weighted by Crippen LogP contribution is -2.16. The van der Waals surface area contributed by atoms with Gasteiger partial charge in [0.2, 0.25) is 0 Å². The van der Waals surface area contributed by atoms with Gasteiger partial charge in [-0.05, 0) is 43.9 Å². The number of fused-ring (bicyclic) bond motifs is 3. The van der Waals surface area contributed by atoms with Crippen molar-refractivity contribution in [2.45, 2.75) is 52.5 Å². The largest absolute Gasteiger partial charge is 0.357 e. The molecule has 1 aliphatic rings. The Balaban J connectivity index is 0.000000367. The fraction of sp³-hybridized carbons (Fsp3) is 0.500. The van der Waals surface area contributed by atoms with E-state index in [-0.39, 0.29) is 6.04 Å². The van der Waals surface area contributed by atoms with Crippen molar-refractivity contribution in [1.29, 1.82) is 0 Å². The summed E-state index contributed by atoms with van der Waals surface area (Å²) in [5, 5.41) is 1.38. The van der Waals surface area contributed by atoms with E-state index >= 15 is 0 Å². The summed E-state index contributed by atoms with van der Waals surface area (Å²) < 4.78 is 0. The summed E-state index contributed by atoms with van der Waals surface area (Å²) in [6.45, 7) is 6.39. The van der Waals surface area contributed by atoms with Gasteiger partial charge in [0, 0.05) is 22.6 Å². The highest BCUT2D eigenvalue weighted by molar-refractivity contribution is 5.85. The van der Waals surface area contributed by atoms with Gasteiger partial charge in [-0.3, -0.25) is 0 Å². The van der Waals surface area contributed by atoms with Crippen LogP contribution in [0, 0.1) is 6.92 Å². The van der Waals surface area contributed by atoms with Crippen LogP contribution >= 0.6 is 0 Å². The number of nitrogens with one attached hydrogen (secondary N) is 1. The van der Waals surface area contributed by atoms with E-state index in [9.17, 15) is 0 Å². The molecule has 98 valence electrons. The molecule has 0 amide bonds. The molecule has 1 heterocycles. The number of H-pyrrole nitrogens is 1. The molecule has 0 bridgehead atoms. The Bertz CT molecular complexity index is 525. The molecular weight excluding hydrogens is 220 g/mol. The molecule has 0 saturated heterocycles. The van der Waals surface area contributed by atoms with Crippen LogP contribution in [-0.4, -0.2) is 4.98 Å². The lowest BCUT2D eigenvalue weighted by molar-refractivity contribution is 0.562. The summed E-state index contributed by atoms with van der Waals surface area (Å²) in [5.41, 5.74) is 11.4. The first kappa shape index (κ1) is 13.2. The Kier molecular flexibility index (Phi) is 4.07. The Hall–Kier alpha value is -1.28. The second-order valence-electron chi connectivity index (χ2n) is 5.27. The summed E-state index contributed by atoms with van der Waals surface area (Å²) in [5.74, 6) is 0. The maximum Gasteiger partial charge on any atom is 0.0459 e. The fourth-order valence-electron chi connectivity index (χ4n) is 2.61. The Morgan fingerprint density at radius 1 is 1.33 bits per heavy atom. The third-order valence-corrected chi connectivity index (χ3v) is 3.41. The molecule has 0 aliphatic heterocycles. The lowest BCUT2D eigenvalue weighted by Gasteiger charge is -2.18. The van der Waals surface area contributed by atoms with E-state index in [1.165, 1.54) is 47.0 Å². The van der Waals surface area contributed by atoms with Crippen LogP contribution in [0.1, 0.15) is 56.0 Å². The van der Waals surface area contributed by atoms with E-state index < -0.39 is 0 Å². The first-order chi connectivity index (χ1) is 8.67. The van der Waals surface area contributed by atoms with E-state index in [1.807, 2.05) is 0 Å². The van der Waals surface area contributed by atoms with Crippen molar-refractivity contribution >= 4 is 10.9 Å². The molecule has 1 aromatic heterocycles. The van der Waals surface area contributed by atoms with E-state index in [0.717, 1.165) is 6.42 Å². The Morgan fingerprint density at radius 2 is 2.06 bits per heavy atom. The number of benzene rings is 1. The maximum absolute atomic E-state index is 6.12. The van der Waals surface area contributed by atoms with Gasteiger partial charge in [-0.25, -0.2) is 0 Å². The Labute approximate surface area is 110 Å². The molecule has 0 spiro atoms. The van der Waals surface area contributed by atoms with Crippen LogP contribution in [-0.2, 0) is 6.42 Å². The number of aromatic nitrogens is 1. The number of hydrogen-bond acceptors (Lipinski definition) is 1. The highest BCUT2D eigenvalue weighted by atomic mass is 14.8. The van der Waals surface area contributed by atoms with Crippen molar-refractivity contribution in [2.24, 2.45) is 5.73 Å². The maximum atomic E-state index is 6.12. The van der Waals surface area contributed by atoms with E-state index in [4.69, 9.17) is 5.73 Å². The molecule has 1 atom stereocenters. The minimum atomic E-state index is 0.210. The molecule has 0 saturated carbocycles. The standard InChI is InChI=1S/C13H16N2.C3H8/c1-8-5-6-12-10(7-8)9-3-2-4-11(14)13(9)15-12;1-3-2/h5-7,11,15H,2-4,14H2,1H3;3H2,1-2H3. The Morgan fingerprint density at radius 3 is 2.78 bits per heavy atom. The van der Waals surface area contributed by atoms with Crippen LogP contribution in [0.2, 0.25) is 0 Å². The van der Waals surface area contributed by atoms with Crippen molar-refractivity contribution in [1.82, 2.24) is 4.98 Å². The van der Waals surface area contributed by atoms with Crippen molar-refractivity contribution in [2.75, 3.05) is 0 Å². The SMILES string of the molecule is CCC.Cc1ccc2[nH]c3c(c2c1)CCCC3N. The van der Waals surface area contributed by atoms with Gasteiger partial charge in [0.05, 0.1) is 0 Å². The zero-order chi connectivity index (χ0) is 13.1. The second kappa shape index (κ2) is 5.57. The van der Waals surface area contributed by atoms with Crippen LogP contribution in [0.25, 0.3) is 10.9 Å². The molecule has 2 nitrogen and oxygen atoms in total. The number of hydrogen-bond donors (Lipinski definition) is 2. The zero-order valence-electron chi connectivity index (χ0n) is 11.7. The molecule has 2 heteroatoms. The fourth-order valence-corrected chi connectivity index (χ4v) is 2.61. The molecule has 18 heavy (non-hydrogen) atoms. The molecule has 3 rings (SSSR count). The second-order valence-corrected chi connectivity index (χ2v) is 5.27. The van der Waals surface area contributed by atoms with Gasteiger partial charge in [0.25, 0.3) is 0 Å². The van der Waals surface area contributed by atoms with E-state index in [0.29, 0.717) is 0 Å². The minimum absolute atomic E-state index is 0.210. The predicted octanol–water partition coefficient (Wildman–Crippen LogP) is 4.23. The van der Waals surface area contributed by atoms with E-state index in [2.05, 4.69) is 44.0 Å².